The third-order valence-corrected chi connectivity index (χ3v) is 7.87. The molecule has 0 fully saturated rings. The van der Waals surface area contributed by atoms with Gasteiger partial charge in [0.05, 0.1) is 6.54 Å². The number of aromatic amines is 1. The Morgan fingerprint density at radius 3 is 2.27 bits per heavy atom. The average molecular weight is 674 g/mol. The van der Waals surface area contributed by atoms with E-state index in [0.29, 0.717) is 25.2 Å². The second-order valence-electron chi connectivity index (χ2n) is 12.3. The molecule has 1 aliphatic heterocycles. The van der Waals surface area contributed by atoms with E-state index in [1.807, 2.05) is 71.6 Å². The van der Waals surface area contributed by atoms with Crippen molar-refractivity contribution in [3.05, 3.63) is 96.1 Å². The zero-order chi connectivity index (χ0) is 35.3. The van der Waals surface area contributed by atoms with Gasteiger partial charge in [0, 0.05) is 23.2 Å². The van der Waals surface area contributed by atoms with Crippen LogP contribution in [0.25, 0.3) is 33.3 Å². The van der Waals surface area contributed by atoms with Crippen molar-refractivity contribution < 1.29 is 32.7 Å². The molecule has 0 saturated carbocycles. The number of carbonyl (C=O) groups excluding carboxylic acids is 2. The molecule has 11 nitrogen and oxygen atoms in total. The van der Waals surface area contributed by atoms with Crippen molar-refractivity contribution in [1.82, 2.24) is 25.9 Å². The Bertz CT molecular complexity index is 1960. The molecule has 0 spiro atoms. The maximum absolute atomic E-state index is 14.1. The van der Waals surface area contributed by atoms with E-state index in [4.69, 9.17) is 15.6 Å². The Morgan fingerprint density at radius 2 is 1.63 bits per heavy atom. The number of carboxylic acids is 1. The third kappa shape index (κ3) is 8.46. The van der Waals surface area contributed by atoms with Crippen LogP contribution in [-0.4, -0.2) is 61.3 Å². The molecule has 5 aromatic rings. The molecule has 1 atom stereocenters. The maximum Gasteiger partial charge on any atom is 0.490 e. The summed E-state index contributed by atoms with van der Waals surface area (Å²) >= 11 is 0. The summed E-state index contributed by atoms with van der Waals surface area (Å²) in [5.74, 6) is -2.58. The second kappa shape index (κ2) is 14.2. The number of H-pyrrole nitrogens is 1. The number of aryl methyl sites for hydroxylation is 1. The maximum atomic E-state index is 14.1. The number of aromatic nitrogens is 4. The number of tetrazole rings is 1. The van der Waals surface area contributed by atoms with Crippen LogP contribution in [0.4, 0.5) is 18.9 Å². The van der Waals surface area contributed by atoms with Crippen LogP contribution in [-0.2, 0) is 27.3 Å². The summed E-state index contributed by atoms with van der Waals surface area (Å²) in [5.41, 5.74) is 11.2. The fraction of sp³-hybridized carbons (Fsp3) is 0.257. The first-order chi connectivity index (χ1) is 23.2. The second-order valence-corrected chi connectivity index (χ2v) is 12.3. The molecule has 2 amide bonds. The highest BCUT2D eigenvalue weighted by molar-refractivity contribution is 6.03. The van der Waals surface area contributed by atoms with E-state index in [-0.39, 0.29) is 18.2 Å². The molecule has 49 heavy (non-hydrogen) atoms. The molecule has 0 radical (unpaired) electrons. The van der Waals surface area contributed by atoms with Crippen molar-refractivity contribution in [2.45, 2.75) is 57.4 Å². The number of amides is 2. The molecule has 254 valence electrons. The number of hydrogen-bond donors (Lipinski definition) is 4. The summed E-state index contributed by atoms with van der Waals surface area (Å²) in [7, 11) is 0. The highest BCUT2D eigenvalue weighted by Gasteiger charge is 2.38. The summed E-state index contributed by atoms with van der Waals surface area (Å²) in [4.78, 5) is 37.6. The van der Waals surface area contributed by atoms with Crippen LogP contribution in [0.3, 0.4) is 0 Å². The van der Waals surface area contributed by atoms with Gasteiger partial charge in [-0.15, -0.1) is 10.2 Å². The largest absolute Gasteiger partial charge is 0.490 e. The van der Waals surface area contributed by atoms with Crippen molar-refractivity contribution in [1.29, 1.82) is 0 Å². The van der Waals surface area contributed by atoms with Crippen molar-refractivity contribution >= 4 is 34.2 Å². The molecular weight excluding hydrogens is 639 g/mol. The normalized spacial score (nSPS) is 14.8. The zero-order valence-electron chi connectivity index (χ0n) is 26.7. The van der Waals surface area contributed by atoms with Gasteiger partial charge in [-0.05, 0) is 71.0 Å². The first-order valence-electron chi connectivity index (χ1n) is 15.3. The number of rotatable bonds is 7. The number of hydrogen-bond acceptors (Lipinski definition) is 7. The molecule has 6 rings (SSSR count). The van der Waals surface area contributed by atoms with E-state index in [1.165, 1.54) is 0 Å². The quantitative estimate of drug-likeness (QED) is 0.178. The topological polar surface area (TPSA) is 167 Å². The highest BCUT2D eigenvalue weighted by atomic mass is 19.4. The third-order valence-electron chi connectivity index (χ3n) is 7.87. The number of nitrogens with two attached hydrogens (primary N) is 1. The van der Waals surface area contributed by atoms with Crippen molar-refractivity contribution in [3.8, 4) is 22.5 Å². The summed E-state index contributed by atoms with van der Waals surface area (Å²) in [5, 5.41) is 26.9. The summed E-state index contributed by atoms with van der Waals surface area (Å²) < 4.78 is 31.7. The van der Waals surface area contributed by atoms with Gasteiger partial charge in [-0.1, -0.05) is 78.9 Å². The average Bonchev–Trinajstić information content (AvgIpc) is 3.56. The molecule has 2 heterocycles. The number of carbonyl (C=O) groups is 3. The minimum absolute atomic E-state index is 0.126. The Hall–Kier alpha value is -5.63. The molecule has 0 bridgehead atoms. The molecule has 4 aromatic carbocycles. The van der Waals surface area contributed by atoms with E-state index >= 15 is 0 Å². The Labute approximate surface area is 279 Å². The number of nitrogens with one attached hydrogen (secondary N) is 2. The van der Waals surface area contributed by atoms with Gasteiger partial charge in [-0.25, -0.2) is 4.79 Å². The lowest BCUT2D eigenvalue weighted by Crippen LogP contribution is -2.49. The monoisotopic (exact) mass is 673 g/mol. The number of nitrogens with zero attached hydrogens (tertiary/aromatic N) is 4. The highest BCUT2D eigenvalue weighted by Crippen LogP contribution is 2.35. The van der Waals surface area contributed by atoms with Gasteiger partial charge in [0.25, 0.3) is 0 Å². The van der Waals surface area contributed by atoms with E-state index in [1.54, 1.807) is 13.8 Å². The number of carboxylic acid groups (broad SMARTS) is 1. The van der Waals surface area contributed by atoms with Gasteiger partial charge in [0.2, 0.25) is 17.6 Å². The smallest absolute Gasteiger partial charge is 0.475 e. The SMILES string of the molecule is CC(C)(N)CC(=O)NC1CCc2c(ccc3ccccc23)N(Cc2ccc(-c3ccccc3-c3nn[nH]n3)cc2)C1=O.O=C(O)C(F)(F)F. The predicted molar refractivity (Wildman–Crippen MR) is 177 cm³/mol. The van der Waals surface area contributed by atoms with Gasteiger partial charge in [0.1, 0.15) is 6.04 Å². The van der Waals surface area contributed by atoms with Gasteiger partial charge < -0.3 is 21.1 Å². The molecule has 1 aromatic heterocycles. The van der Waals surface area contributed by atoms with Crippen LogP contribution in [0.2, 0.25) is 0 Å². The number of aliphatic carboxylic acids is 1. The molecule has 14 heteroatoms. The Balaban J connectivity index is 0.000000606. The van der Waals surface area contributed by atoms with Crippen LogP contribution in [0.5, 0.6) is 0 Å². The minimum Gasteiger partial charge on any atom is -0.475 e. The summed E-state index contributed by atoms with van der Waals surface area (Å²) in [6, 6.07) is 27.7. The number of halogens is 3. The van der Waals surface area contributed by atoms with Gasteiger partial charge in [0.15, 0.2) is 0 Å². The van der Waals surface area contributed by atoms with Gasteiger partial charge in [-0.2, -0.15) is 18.4 Å². The molecule has 0 aliphatic carbocycles. The lowest BCUT2D eigenvalue weighted by Gasteiger charge is -2.27. The molecule has 1 aliphatic rings. The van der Waals surface area contributed by atoms with E-state index in [0.717, 1.165) is 44.3 Å². The molecule has 5 N–H and O–H groups in total. The minimum atomic E-state index is -5.08. The van der Waals surface area contributed by atoms with Gasteiger partial charge >= 0.3 is 12.1 Å². The van der Waals surface area contributed by atoms with Crippen LogP contribution in [0.1, 0.15) is 37.8 Å². The zero-order valence-corrected chi connectivity index (χ0v) is 26.7. The number of benzene rings is 4. The number of alkyl halides is 3. The van der Waals surface area contributed by atoms with Gasteiger partial charge in [-0.3, -0.25) is 9.59 Å². The molecular formula is C35H34F3N7O4. The number of fused-ring (bicyclic) bond motifs is 3. The van der Waals surface area contributed by atoms with Crippen molar-refractivity contribution in [2.75, 3.05) is 4.90 Å². The van der Waals surface area contributed by atoms with Crippen LogP contribution in [0.15, 0.2) is 84.9 Å². The molecule has 1 unspecified atom stereocenters. The van der Waals surface area contributed by atoms with Crippen LogP contribution < -0.4 is 16.0 Å². The first-order valence-corrected chi connectivity index (χ1v) is 15.3. The van der Waals surface area contributed by atoms with Crippen molar-refractivity contribution in [3.63, 3.8) is 0 Å². The van der Waals surface area contributed by atoms with Crippen LogP contribution in [0, 0.1) is 0 Å². The van der Waals surface area contributed by atoms with E-state index in [9.17, 15) is 22.8 Å². The van der Waals surface area contributed by atoms with Crippen LogP contribution >= 0.6 is 0 Å². The standard InChI is InChI=1S/C33H33N7O2.C2HF3O2/c1-33(2,34)19-30(41)35-28-17-16-26-24-8-4-3-7-22(24)15-18-29(26)40(32(28)42)20-21-11-13-23(14-12-21)25-9-5-6-10-27(25)31-36-38-39-37-31;3-2(4,5)1(6)7/h3-15,18,28H,16-17,19-20,34H2,1-2H3,(H,35,41)(H,36,37,38,39);(H,6,7). The lowest BCUT2D eigenvalue weighted by atomic mass is 9.97. The fourth-order valence-electron chi connectivity index (χ4n) is 5.69. The van der Waals surface area contributed by atoms with E-state index in [2.05, 4.69) is 44.1 Å². The summed E-state index contributed by atoms with van der Waals surface area (Å²) in [6.45, 7) is 3.98. The van der Waals surface area contributed by atoms with Crippen molar-refractivity contribution in [2.24, 2.45) is 5.73 Å². The fourth-order valence-corrected chi connectivity index (χ4v) is 5.69. The first kappa shape index (κ1) is 34.7. The van der Waals surface area contributed by atoms with E-state index < -0.39 is 23.7 Å². The molecule has 0 saturated heterocycles. The Morgan fingerprint density at radius 1 is 0.980 bits per heavy atom. The Kier molecular flexibility index (Phi) is 10.1. The summed E-state index contributed by atoms with van der Waals surface area (Å²) in [6.07, 6.45) is -3.76. The lowest BCUT2D eigenvalue weighted by molar-refractivity contribution is -0.192. The predicted octanol–water partition coefficient (Wildman–Crippen LogP) is 5.41. The number of anilines is 1.